The van der Waals surface area contributed by atoms with Crippen LogP contribution in [0.1, 0.15) is 25.0 Å². The summed E-state index contributed by atoms with van der Waals surface area (Å²) in [5, 5.41) is 3.86. The summed E-state index contributed by atoms with van der Waals surface area (Å²) >= 11 is 18.0. The third-order valence-corrected chi connectivity index (χ3v) is 5.21. The predicted octanol–water partition coefficient (Wildman–Crippen LogP) is 5.67. The monoisotopic (exact) mass is 398 g/mol. The maximum Gasteiger partial charge on any atom is 0.241 e. The molecule has 2 aromatic carbocycles. The Kier molecular flexibility index (Phi) is 7.14. The Morgan fingerprint density at radius 1 is 1.04 bits per heavy atom. The van der Waals surface area contributed by atoms with Crippen LogP contribution in [-0.2, 0) is 17.8 Å². The molecule has 134 valence electrons. The topological polar surface area (TPSA) is 32.3 Å². The van der Waals surface area contributed by atoms with E-state index in [-0.39, 0.29) is 11.9 Å². The fourth-order valence-corrected chi connectivity index (χ4v) is 2.96. The average molecular weight is 400 g/mol. The van der Waals surface area contributed by atoms with Gasteiger partial charge in [-0.15, -0.1) is 0 Å². The molecular weight excluding hydrogens is 379 g/mol. The second-order valence-electron chi connectivity index (χ2n) is 6.00. The summed E-state index contributed by atoms with van der Waals surface area (Å²) in [6.45, 7) is 4.65. The van der Waals surface area contributed by atoms with Gasteiger partial charge in [-0.1, -0.05) is 66.0 Å². The Bertz CT molecular complexity index is 747. The van der Waals surface area contributed by atoms with Gasteiger partial charge in [0.2, 0.25) is 5.91 Å². The number of carbonyl (C=O) groups is 1. The van der Waals surface area contributed by atoms with Crippen LogP contribution in [0.5, 0.6) is 0 Å². The zero-order valence-corrected chi connectivity index (χ0v) is 16.7. The van der Waals surface area contributed by atoms with Crippen LogP contribution in [0.25, 0.3) is 0 Å². The first-order valence-electron chi connectivity index (χ1n) is 8.05. The molecule has 0 bridgehead atoms. The molecule has 0 fully saturated rings. The summed E-state index contributed by atoms with van der Waals surface area (Å²) in [5.74, 6) is -0.159. The number of nitrogens with one attached hydrogen (secondary N) is 1. The van der Waals surface area contributed by atoms with Crippen LogP contribution in [0, 0.1) is 0 Å². The molecule has 6 heteroatoms. The van der Waals surface area contributed by atoms with E-state index in [1.54, 1.807) is 6.07 Å². The first-order chi connectivity index (χ1) is 11.8. The van der Waals surface area contributed by atoms with Crippen LogP contribution in [0.15, 0.2) is 36.4 Å². The molecule has 0 aliphatic heterocycles. The third kappa shape index (κ3) is 5.35. The van der Waals surface area contributed by atoms with Crippen molar-refractivity contribution in [1.29, 1.82) is 0 Å². The molecule has 0 saturated carbocycles. The number of benzene rings is 2. The number of hydrogen-bond donors (Lipinski definition) is 1. The molecule has 0 saturated heterocycles. The van der Waals surface area contributed by atoms with E-state index in [1.807, 2.05) is 18.9 Å². The quantitative estimate of drug-likeness (QED) is 0.635. The lowest BCUT2D eigenvalue weighted by Crippen LogP contribution is -2.39. The molecule has 25 heavy (non-hydrogen) atoms. The molecule has 0 unspecified atom stereocenters. The number of anilines is 1. The summed E-state index contributed by atoms with van der Waals surface area (Å²) < 4.78 is 0. The van der Waals surface area contributed by atoms with Crippen molar-refractivity contribution >= 4 is 46.4 Å². The lowest BCUT2D eigenvalue weighted by Gasteiger charge is -2.24. The van der Waals surface area contributed by atoms with E-state index in [0.29, 0.717) is 27.3 Å². The van der Waals surface area contributed by atoms with Crippen molar-refractivity contribution in [1.82, 2.24) is 4.90 Å². The van der Waals surface area contributed by atoms with Gasteiger partial charge in [-0.05, 0) is 43.7 Å². The lowest BCUT2D eigenvalue weighted by molar-refractivity contribution is -0.120. The van der Waals surface area contributed by atoms with Gasteiger partial charge < -0.3 is 5.32 Å². The minimum atomic E-state index is -0.337. The van der Waals surface area contributed by atoms with E-state index in [4.69, 9.17) is 34.8 Å². The van der Waals surface area contributed by atoms with Crippen molar-refractivity contribution < 1.29 is 4.79 Å². The smallest absolute Gasteiger partial charge is 0.241 e. The van der Waals surface area contributed by atoms with Crippen LogP contribution >= 0.6 is 34.8 Å². The highest BCUT2D eigenvalue weighted by Gasteiger charge is 2.19. The van der Waals surface area contributed by atoms with E-state index in [2.05, 4.69) is 36.5 Å². The molecule has 1 atom stereocenters. The summed E-state index contributed by atoms with van der Waals surface area (Å²) in [5.41, 5.74) is 2.91. The van der Waals surface area contributed by atoms with E-state index < -0.39 is 0 Å². The first-order valence-corrected chi connectivity index (χ1v) is 9.18. The number of carbonyl (C=O) groups excluding carboxylic acids is 1. The molecule has 0 aliphatic rings. The average Bonchev–Trinajstić information content (AvgIpc) is 2.59. The summed E-state index contributed by atoms with van der Waals surface area (Å²) in [6.07, 6.45) is 1.01. The number of likely N-dealkylation sites (N-methyl/N-ethyl adjacent to an activating group) is 1. The van der Waals surface area contributed by atoms with Gasteiger partial charge in [0, 0.05) is 6.54 Å². The molecular formula is C19H21Cl3N2O. The molecule has 0 aliphatic carbocycles. The third-order valence-electron chi connectivity index (χ3n) is 4.17. The number of hydrogen-bond acceptors (Lipinski definition) is 2. The normalized spacial score (nSPS) is 12.3. The molecule has 1 amide bonds. The predicted molar refractivity (Wildman–Crippen MR) is 107 cm³/mol. The second-order valence-corrected chi connectivity index (χ2v) is 7.22. The number of halogens is 3. The maximum absolute atomic E-state index is 12.5. The first kappa shape index (κ1) is 20.1. The number of amides is 1. The lowest BCUT2D eigenvalue weighted by atomic mass is 10.1. The number of nitrogens with zero attached hydrogens (tertiary/aromatic N) is 1. The number of rotatable bonds is 6. The Balaban J connectivity index is 2.02. The molecule has 2 aromatic rings. The molecule has 3 nitrogen and oxygen atoms in total. The highest BCUT2D eigenvalue weighted by Crippen LogP contribution is 2.32. The molecule has 0 aromatic heterocycles. The van der Waals surface area contributed by atoms with Gasteiger partial charge in [-0.25, -0.2) is 0 Å². The minimum Gasteiger partial charge on any atom is -0.323 e. The largest absolute Gasteiger partial charge is 0.323 e. The Labute approximate surface area is 163 Å². The van der Waals surface area contributed by atoms with Crippen LogP contribution in [0.3, 0.4) is 0 Å². The van der Waals surface area contributed by atoms with Gasteiger partial charge in [0.1, 0.15) is 0 Å². The van der Waals surface area contributed by atoms with Crippen molar-refractivity contribution in [3.63, 3.8) is 0 Å². The Morgan fingerprint density at radius 2 is 1.60 bits per heavy atom. The van der Waals surface area contributed by atoms with E-state index in [0.717, 1.165) is 12.0 Å². The summed E-state index contributed by atoms with van der Waals surface area (Å²) in [7, 11) is 1.91. The zero-order chi connectivity index (χ0) is 18.6. The maximum atomic E-state index is 12.5. The van der Waals surface area contributed by atoms with Crippen molar-refractivity contribution in [2.45, 2.75) is 32.9 Å². The fourth-order valence-electron chi connectivity index (χ4n) is 2.36. The fraction of sp³-hybridized carbons (Fsp3) is 0.316. The van der Waals surface area contributed by atoms with Crippen molar-refractivity contribution in [2.24, 2.45) is 0 Å². The van der Waals surface area contributed by atoms with Crippen LogP contribution in [0.2, 0.25) is 15.1 Å². The van der Waals surface area contributed by atoms with Crippen LogP contribution in [0.4, 0.5) is 5.69 Å². The number of aryl methyl sites for hydroxylation is 1. The second kappa shape index (κ2) is 8.91. The van der Waals surface area contributed by atoms with Crippen LogP contribution in [-0.4, -0.2) is 23.9 Å². The van der Waals surface area contributed by atoms with E-state index >= 15 is 0 Å². The van der Waals surface area contributed by atoms with Crippen molar-refractivity contribution in [3.8, 4) is 0 Å². The standard InChI is InChI=1S/C19H21Cl3N2O/c1-4-13-5-7-14(8-6-13)11-24(3)12(2)19(25)23-18-10-16(21)15(20)9-17(18)22/h5-10,12H,4,11H2,1-3H3,(H,23,25)/t12-/m1/s1. The molecule has 0 spiro atoms. The SMILES string of the molecule is CCc1ccc(CN(C)[C@H](C)C(=O)Nc2cc(Cl)c(Cl)cc2Cl)cc1. The minimum absolute atomic E-state index is 0.159. The summed E-state index contributed by atoms with van der Waals surface area (Å²) in [4.78, 5) is 14.5. The van der Waals surface area contributed by atoms with Crippen molar-refractivity contribution in [3.05, 3.63) is 62.6 Å². The van der Waals surface area contributed by atoms with Gasteiger partial charge in [0.05, 0.1) is 26.8 Å². The van der Waals surface area contributed by atoms with Gasteiger partial charge in [0.15, 0.2) is 0 Å². The van der Waals surface area contributed by atoms with Gasteiger partial charge in [-0.2, -0.15) is 0 Å². The zero-order valence-electron chi connectivity index (χ0n) is 14.4. The molecule has 1 N–H and O–H groups in total. The molecule has 2 rings (SSSR count). The van der Waals surface area contributed by atoms with Crippen molar-refractivity contribution in [2.75, 3.05) is 12.4 Å². The summed E-state index contributed by atoms with van der Waals surface area (Å²) in [6, 6.07) is 11.2. The van der Waals surface area contributed by atoms with E-state index in [1.165, 1.54) is 11.6 Å². The molecule has 0 heterocycles. The van der Waals surface area contributed by atoms with Gasteiger partial charge in [0.25, 0.3) is 0 Å². The highest BCUT2D eigenvalue weighted by atomic mass is 35.5. The molecule has 0 radical (unpaired) electrons. The van der Waals surface area contributed by atoms with E-state index in [9.17, 15) is 4.79 Å². The van der Waals surface area contributed by atoms with Gasteiger partial charge in [-0.3, -0.25) is 9.69 Å². The highest BCUT2D eigenvalue weighted by molar-refractivity contribution is 6.44. The Hall–Kier alpha value is -1.26. The van der Waals surface area contributed by atoms with Gasteiger partial charge >= 0.3 is 0 Å². The van der Waals surface area contributed by atoms with Crippen LogP contribution < -0.4 is 5.32 Å². The Morgan fingerprint density at radius 3 is 2.20 bits per heavy atom.